The molecule has 1 saturated carbocycles. The number of hydrogen-bond acceptors (Lipinski definition) is 4. The summed E-state index contributed by atoms with van der Waals surface area (Å²) < 4.78 is 24.4. The van der Waals surface area contributed by atoms with E-state index in [1.165, 1.54) is 5.56 Å². The minimum atomic E-state index is -3.15. The summed E-state index contributed by atoms with van der Waals surface area (Å²) in [6, 6.07) is 11.6. The van der Waals surface area contributed by atoms with E-state index in [-0.39, 0.29) is 23.3 Å². The third-order valence-corrected chi connectivity index (χ3v) is 7.08. The predicted molar refractivity (Wildman–Crippen MR) is 103 cm³/mol. The van der Waals surface area contributed by atoms with E-state index in [0.29, 0.717) is 5.69 Å². The van der Waals surface area contributed by atoms with Crippen LogP contribution in [-0.4, -0.2) is 30.3 Å². The van der Waals surface area contributed by atoms with Crippen LogP contribution in [0.4, 0.5) is 5.69 Å². The van der Waals surface area contributed by atoms with Crippen molar-refractivity contribution in [2.75, 3.05) is 11.1 Å². The van der Waals surface area contributed by atoms with Crippen molar-refractivity contribution in [2.24, 2.45) is 0 Å². The van der Waals surface area contributed by atoms with Gasteiger partial charge in [0.05, 0.1) is 11.0 Å². The van der Waals surface area contributed by atoms with Gasteiger partial charge in [-0.05, 0) is 54.7 Å². The number of benzene rings is 1. The van der Waals surface area contributed by atoms with E-state index in [2.05, 4.69) is 10.3 Å². The molecule has 2 aromatic rings. The van der Waals surface area contributed by atoms with Gasteiger partial charge in [0.2, 0.25) is 5.91 Å². The molecular weight excluding hydrogens is 348 g/mol. The average molecular weight is 372 g/mol. The fourth-order valence-electron chi connectivity index (χ4n) is 3.31. The maximum atomic E-state index is 12.2. The normalized spacial score (nSPS) is 15.1. The Morgan fingerprint density at radius 2 is 1.62 bits per heavy atom. The lowest BCUT2D eigenvalue weighted by molar-refractivity contribution is -0.115. The molecule has 138 valence electrons. The number of anilines is 1. The number of hydrogen-bond donors (Lipinski definition) is 1. The standard InChI is InChI=1S/C20H24N2O3S/c23-20(11-14-26(24,25)19-3-1-2-4-19)22-18-7-5-16(6-8-18)15-17-9-12-21-13-10-17/h5-10,12-13,19H,1-4,11,14-15H2,(H,22,23). The van der Waals surface area contributed by atoms with E-state index in [1.54, 1.807) is 12.4 Å². The molecule has 1 amide bonds. The molecular formula is C20H24N2O3S. The highest BCUT2D eigenvalue weighted by Crippen LogP contribution is 2.25. The molecule has 1 N–H and O–H groups in total. The van der Waals surface area contributed by atoms with Gasteiger partial charge in [-0.2, -0.15) is 0 Å². The predicted octanol–water partition coefficient (Wildman–Crippen LogP) is 3.36. The van der Waals surface area contributed by atoms with Crippen molar-refractivity contribution in [3.8, 4) is 0 Å². The van der Waals surface area contributed by atoms with Crippen LogP contribution in [0.5, 0.6) is 0 Å². The zero-order chi connectivity index (χ0) is 18.4. The first-order chi connectivity index (χ1) is 12.5. The molecule has 1 aromatic carbocycles. The number of aromatic nitrogens is 1. The summed E-state index contributed by atoms with van der Waals surface area (Å²) in [6.45, 7) is 0. The zero-order valence-electron chi connectivity index (χ0n) is 14.7. The lowest BCUT2D eigenvalue weighted by Gasteiger charge is -2.11. The Hall–Kier alpha value is -2.21. The van der Waals surface area contributed by atoms with Crippen molar-refractivity contribution < 1.29 is 13.2 Å². The maximum absolute atomic E-state index is 12.2. The molecule has 26 heavy (non-hydrogen) atoms. The molecule has 0 unspecified atom stereocenters. The quantitative estimate of drug-likeness (QED) is 0.808. The number of nitrogens with one attached hydrogen (secondary N) is 1. The summed E-state index contributed by atoms with van der Waals surface area (Å²) in [4.78, 5) is 16.1. The molecule has 0 saturated heterocycles. The Kier molecular flexibility index (Phi) is 6.04. The monoisotopic (exact) mass is 372 g/mol. The number of amides is 1. The van der Waals surface area contributed by atoms with Crippen LogP contribution in [0.1, 0.15) is 43.2 Å². The van der Waals surface area contributed by atoms with Gasteiger partial charge in [0, 0.05) is 24.5 Å². The summed E-state index contributed by atoms with van der Waals surface area (Å²) in [5, 5.41) is 2.54. The molecule has 3 rings (SSSR count). The van der Waals surface area contributed by atoms with Gasteiger partial charge in [-0.25, -0.2) is 8.42 Å². The van der Waals surface area contributed by atoms with Gasteiger partial charge in [-0.15, -0.1) is 0 Å². The zero-order valence-corrected chi connectivity index (χ0v) is 15.5. The molecule has 1 aliphatic rings. The summed E-state index contributed by atoms with van der Waals surface area (Å²) in [5.74, 6) is -0.322. The number of carbonyl (C=O) groups is 1. The first-order valence-corrected chi connectivity index (χ1v) is 10.7. The Morgan fingerprint density at radius 3 is 2.27 bits per heavy atom. The SMILES string of the molecule is O=C(CCS(=O)(=O)C1CCCC1)Nc1ccc(Cc2ccncc2)cc1. The highest BCUT2D eigenvalue weighted by molar-refractivity contribution is 7.92. The molecule has 1 fully saturated rings. The van der Waals surface area contributed by atoms with Gasteiger partial charge >= 0.3 is 0 Å². The highest BCUT2D eigenvalue weighted by atomic mass is 32.2. The first-order valence-electron chi connectivity index (χ1n) is 9.02. The second-order valence-corrected chi connectivity index (χ2v) is 9.20. The topological polar surface area (TPSA) is 76.1 Å². The van der Waals surface area contributed by atoms with Crippen LogP contribution in [0.25, 0.3) is 0 Å². The smallest absolute Gasteiger partial charge is 0.225 e. The minimum absolute atomic E-state index is 0.0115. The van der Waals surface area contributed by atoms with Gasteiger partial charge in [-0.3, -0.25) is 9.78 Å². The second-order valence-electron chi connectivity index (χ2n) is 6.80. The third-order valence-electron chi connectivity index (χ3n) is 4.82. The average Bonchev–Trinajstić information content (AvgIpc) is 3.18. The lowest BCUT2D eigenvalue weighted by atomic mass is 10.1. The number of rotatable bonds is 7. The summed E-state index contributed by atoms with van der Waals surface area (Å²) in [6.07, 6.45) is 7.77. The highest BCUT2D eigenvalue weighted by Gasteiger charge is 2.28. The Labute approximate surface area is 154 Å². The summed E-state index contributed by atoms with van der Waals surface area (Å²) in [7, 11) is -3.15. The molecule has 1 heterocycles. The molecule has 0 aliphatic heterocycles. The van der Waals surface area contributed by atoms with E-state index in [9.17, 15) is 13.2 Å². The van der Waals surface area contributed by atoms with Gasteiger partial charge in [0.15, 0.2) is 9.84 Å². The Morgan fingerprint density at radius 1 is 1.00 bits per heavy atom. The van der Waals surface area contributed by atoms with Crippen LogP contribution >= 0.6 is 0 Å². The van der Waals surface area contributed by atoms with Crippen LogP contribution in [0.2, 0.25) is 0 Å². The van der Waals surface area contributed by atoms with Crippen molar-refractivity contribution >= 4 is 21.4 Å². The largest absolute Gasteiger partial charge is 0.326 e. The van der Waals surface area contributed by atoms with Crippen LogP contribution < -0.4 is 5.32 Å². The first kappa shape index (κ1) is 18.6. The second kappa shape index (κ2) is 8.45. The fraction of sp³-hybridized carbons (Fsp3) is 0.400. The van der Waals surface area contributed by atoms with Crippen molar-refractivity contribution in [2.45, 2.75) is 43.8 Å². The van der Waals surface area contributed by atoms with Gasteiger partial charge in [0.1, 0.15) is 0 Å². The molecule has 6 heteroatoms. The van der Waals surface area contributed by atoms with E-state index >= 15 is 0 Å². The Bertz CT molecular complexity index is 827. The van der Waals surface area contributed by atoms with Crippen molar-refractivity contribution in [3.63, 3.8) is 0 Å². The molecule has 0 bridgehead atoms. The molecule has 5 nitrogen and oxygen atoms in total. The molecule has 0 spiro atoms. The molecule has 1 aliphatic carbocycles. The number of carbonyl (C=O) groups excluding carboxylic acids is 1. The summed E-state index contributed by atoms with van der Waals surface area (Å²) in [5.41, 5.74) is 3.00. The van der Waals surface area contributed by atoms with Crippen molar-refractivity contribution in [1.29, 1.82) is 0 Å². The molecule has 0 radical (unpaired) electrons. The van der Waals surface area contributed by atoms with E-state index in [1.807, 2.05) is 36.4 Å². The maximum Gasteiger partial charge on any atom is 0.225 e. The van der Waals surface area contributed by atoms with Crippen LogP contribution in [0.3, 0.4) is 0 Å². The summed E-state index contributed by atoms with van der Waals surface area (Å²) >= 11 is 0. The van der Waals surface area contributed by atoms with E-state index in [4.69, 9.17) is 0 Å². The molecule has 1 aromatic heterocycles. The van der Waals surface area contributed by atoms with Crippen LogP contribution in [0, 0.1) is 0 Å². The number of sulfone groups is 1. The van der Waals surface area contributed by atoms with E-state index in [0.717, 1.165) is 37.7 Å². The third kappa shape index (κ3) is 5.14. The van der Waals surface area contributed by atoms with Crippen LogP contribution in [-0.2, 0) is 21.1 Å². The van der Waals surface area contributed by atoms with Crippen molar-refractivity contribution in [3.05, 3.63) is 59.9 Å². The van der Waals surface area contributed by atoms with Gasteiger partial charge in [-0.1, -0.05) is 25.0 Å². The Balaban J connectivity index is 1.50. The number of pyridine rings is 1. The van der Waals surface area contributed by atoms with E-state index < -0.39 is 9.84 Å². The van der Waals surface area contributed by atoms with Gasteiger partial charge < -0.3 is 5.32 Å². The number of nitrogens with zero attached hydrogens (tertiary/aromatic N) is 1. The molecule has 0 atom stereocenters. The van der Waals surface area contributed by atoms with Gasteiger partial charge in [0.25, 0.3) is 0 Å². The van der Waals surface area contributed by atoms with Crippen LogP contribution in [0.15, 0.2) is 48.8 Å². The minimum Gasteiger partial charge on any atom is -0.326 e. The van der Waals surface area contributed by atoms with Crippen molar-refractivity contribution in [1.82, 2.24) is 4.98 Å². The fourth-order valence-corrected chi connectivity index (χ4v) is 5.17. The lowest BCUT2D eigenvalue weighted by Crippen LogP contribution is -2.24.